The van der Waals surface area contributed by atoms with E-state index in [-0.39, 0.29) is 5.82 Å². The Balaban J connectivity index is 2.09. The van der Waals surface area contributed by atoms with Crippen molar-refractivity contribution in [1.29, 1.82) is 0 Å². The number of aryl methyl sites for hydroxylation is 1. The maximum Gasteiger partial charge on any atom is 0.126 e. The Labute approximate surface area is 119 Å². The molecule has 4 heteroatoms. The fraction of sp³-hybridized carbons (Fsp3) is 0.143. The lowest BCUT2D eigenvalue weighted by Gasteiger charge is -2.09. The number of ether oxygens (including phenoxy) is 1. The van der Waals surface area contributed by atoms with E-state index in [9.17, 15) is 4.39 Å². The zero-order chi connectivity index (χ0) is 13.1. The molecule has 2 rings (SSSR count). The molecule has 0 aliphatic carbocycles. The highest BCUT2D eigenvalue weighted by Gasteiger charge is 2.04. The number of benzene rings is 2. The molecule has 0 spiro atoms. The third kappa shape index (κ3) is 3.24. The van der Waals surface area contributed by atoms with Gasteiger partial charge in [-0.1, -0.05) is 33.6 Å². The minimum absolute atomic E-state index is 0.232. The van der Waals surface area contributed by atoms with E-state index in [1.54, 1.807) is 19.1 Å². The summed E-state index contributed by atoms with van der Waals surface area (Å²) in [7, 11) is 0. The van der Waals surface area contributed by atoms with E-state index in [0.29, 0.717) is 22.9 Å². The van der Waals surface area contributed by atoms with Crippen LogP contribution in [0.4, 0.5) is 4.39 Å². The Bertz CT molecular complexity index is 572. The molecular weight excluding hydrogens is 319 g/mol. The second-order valence-corrected chi connectivity index (χ2v) is 5.26. The minimum atomic E-state index is -0.232. The lowest BCUT2D eigenvalue weighted by molar-refractivity contribution is 0.305. The van der Waals surface area contributed by atoms with Crippen LogP contribution >= 0.6 is 27.5 Å². The first-order valence-corrected chi connectivity index (χ1v) is 6.56. The molecule has 0 unspecified atom stereocenters. The number of halogens is 3. The Kier molecular flexibility index (Phi) is 4.25. The van der Waals surface area contributed by atoms with Gasteiger partial charge in [0.05, 0.1) is 0 Å². The third-order valence-electron chi connectivity index (χ3n) is 2.54. The van der Waals surface area contributed by atoms with Crippen LogP contribution < -0.4 is 4.74 Å². The van der Waals surface area contributed by atoms with Crippen molar-refractivity contribution in [3.63, 3.8) is 0 Å². The zero-order valence-electron chi connectivity index (χ0n) is 9.71. The lowest BCUT2D eigenvalue weighted by Crippen LogP contribution is -1.97. The van der Waals surface area contributed by atoms with Crippen LogP contribution in [0.2, 0.25) is 5.02 Å². The molecular formula is C14H11BrClFO. The van der Waals surface area contributed by atoms with Gasteiger partial charge in [-0.2, -0.15) is 0 Å². The predicted octanol–water partition coefficient (Wildman–Crippen LogP) is 5.13. The topological polar surface area (TPSA) is 9.23 Å². The Morgan fingerprint density at radius 1 is 1.22 bits per heavy atom. The second-order valence-electron chi connectivity index (χ2n) is 3.94. The summed E-state index contributed by atoms with van der Waals surface area (Å²) >= 11 is 9.43. The highest BCUT2D eigenvalue weighted by molar-refractivity contribution is 9.10. The van der Waals surface area contributed by atoms with Gasteiger partial charge in [-0.05, 0) is 42.8 Å². The molecule has 18 heavy (non-hydrogen) atoms. The van der Waals surface area contributed by atoms with Crippen molar-refractivity contribution in [2.75, 3.05) is 0 Å². The quantitative estimate of drug-likeness (QED) is 0.758. The van der Waals surface area contributed by atoms with Crippen LogP contribution in [0.25, 0.3) is 0 Å². The van der Waals surface area contributed by atoms with E-state index in [2.05, 4.69) is 15.9 Å². The molecule has 0 heterocycles. The Hall–Kier alpha value is -1.06. The van der Waals surface area contributed by atoms with Gasteiger partial charge in [0.1, 0.15) is 18.2 Å². The molecule has 94 valence electrons. The molecule has 1 nitrogen and oxygen atoms in total. The first kappa shape index (κ1) is 13.4. The van der Waals surface area contributed by atoms with Gasteiger partial charge in [-0.3, -0.25) is 0 Å². The molecule has 2 aromatic rings. The Morgan fingerprint density at radius 2 is 2.00 bits per heavy atom. The molecule has 0 fully saturated rings. The van der Waals surface area contributed by atoms with Crippen molar-refractivity contribution in [2.45, 2.75) is 13.5 Å². The fourth-order valence-electron chi connectivity index (χ4n) is 1.51. The molecule has 0 aliphatic rings. The van der Waals surface area contributed by atoms with Gasteiger partial charge in [-0.25, -0.2) is 4.39 Å². The first-order valence-electron chi connectivity index (χ1n) is 5.39. The van der Waals surface area contributed by atoms with Crippen LogP contribution in [0, 0.1) is 12.7 Å². The van der Waals surface area contributed by atoms with Crippen LogP contribution in [-0.2, 0) is 6.61 Å². The monoisotopic (exact) mass is 328 g/mol. The standard InChI is InChI=1S/C14H11BrClFO/c1-9-6-12(4-5-14(9)17)18-8-10-2-3-11(15)7-13(10)16/h2-7H,8H2,1H3. The molecule has 0 saturated heterocycles. The maximum atomic E-state index is 13.1. The van der Waals surface area contributed by atoms with Gasteiger partial charge in [0, 0.05) is 15.1 Å². The molecule has 0 bridgehead atoms. The summed E-state index contributed by atoms with van der Waals surface area (Å²) in [4.78, 5) is 0. The van der Waals surface area contributed by atoms with Crippen molar-refractivity contribution in [3.8, 4) is 5.75 Å². The van der Waals surface area contributed by atoms with Crippen molar-refractivity contribution in [1.82, 2.24) is 0 Å². The fourth-order valence-corrected chi connectivity index (χ4v) is 2.23. The summed E-state index contributed by atoms with van der Waals surface area (Å²) in [6.07, 6.45) is 0. The zero-order valence-corrected chi connectivity index (χ0v) is 12.1. The molecule has 0 aliphatic heterocycles. The smallest absolute Gasteiger partial charge is 0.126 e. The van der Waals surface area contributed by atoms with Crippen LogP contribution in [0.1, 0.15) is 11.1 Å². The lowest BCUT2D eigenvalue weighted by atomic mass is 10.2. The van der Waals surface area contributed by atoms with Gasteiger partial charge < -0.3 is 4.74 Å². The number of hydrogen-bond donors (Lipinski definition) is 0. The van der Waals surface area contributed by atoms with Crippen LogP contribution in [0.3, 0.4) is 0 Å². The van der Waals surface area contributed by atoms with Gasteiger partial charge in [0.15, 0.2) is 0 Å². The van der Waals surface area contributed by atoms with Gasteiger partial charge in [0.2, 0.25) is 0 Å². The number of rotatable bonds is 3. The van der Waals surface area contributed by atoms with E-state index in [4.69, 9.17) is 16.3 Å². The van der Waals surface area contributed by atoms with Gasteiger partial charge >= 0.3 is 0 Å². The SMILES string of the molecule is Cc1cc(OCc2ccc(Br)cc2Cl)ccc1F. The largest absolute Gasteiger partial charge is 0.489 e. The van der Waals surface area contributed by atoms with Gasteiger partial charge in [0.25, 0.3) is 0 Å². The van der Waals surface area contributed by atoms with E-state index in [1.165, 1.54) is 6.07 Å². The summed E-state index contributed by atoms with van der Waals surface area (Å²) in [6.45, 7) is 2.06. The summed E-state index contributed by atoms with van der Waals surface area (Å²) in [5.41, 5.74) is 1.45. The summed E-state index contributed by atoms with van der Waals surface area (Å²) in [5, 5.41) is 0.642. The van der Waals surface area contributed by atoms with Crippen LogP contribution in [0.15, 0.2) is 40.9 Å². The first-order chi connectivity index (χ1) is 8.56. The van der Waals surface area contributed by atoms with Crippen molar-refractivity contribution < 1.29 is 9.13 Å². The molecule has 0 saturated carbocycles. The average Bonchev–Trinajstić information content (AvgIpc) is 2.32. The minimum Gasteiger partial charge on any atom is -0.489 e. The van der Waals surface area contributed by atoms with Crippen molar-refractivity contribution >= 4 is 27.5 Å². The highest BCUT2D eigenvalue weighted by Crippen LogP contribution is 2.23. The molecule has 0 amide bonds. The summed E-state index contributed by atoms with van der Waals surface area (Å²) in [6, 6.07) is 10.3. The highest BCUT2D eigenvalue weighted by atomic mass is 79.9. The molecule has 0 atom stereocenters. The maximum absolute atomic E-state index is 13.1. The van der Waals surface area contributed by atoms with Gasteiger partial charge in [-0.15, -0.1) is 0 Å². The second kappa shape index (κ2) is 5.72. The molecule has 0 aromatic heterocycles. The summed E-state index contributed by atoms with van der Waals surface area (Å²) < 4.78 is 19.6. The van der Waals surface area contributed by atoms with Crippen LogP contribution in [0.5, 0.6) is 5.75 Å². The van der Waals surface area contributed by atoms with Crippen molar-refractivity contribution in [2.24, 2.45) is 0 Å². The molecule has 0 N–H and O–H groups in total. The van der Waals surface area contributed by atoms with Crippen molar-refractivity contribution in [3.05, 3.63) is 62.8 Å². The molecule has 0 radical (unpaired) electrons. The molecule has 2 aromatic carbocycles. The normalized spacial score (nSPS) is 10.4. The number of hydrogen-bond acceptors (Lipinski definition) is 1. The third-order valence-corrected chi connectivity index (χ3v) is 3.38. The Morgan fingerprint density at radius 3 is 2.67 bits per heavy atom. The van der Waals surface area contributed by atoms with E-state index < -0.39 is 0 Å². The average molecular weight is 330 g/mol. The summed E-state index contributed by atoms with van der Waals surface area (Å²) in [5.74, 6) is 0.400. The van der Waals surface area contributed by atoms with Crippen LogP contribution in [-0.4, -0.2) is 0 Å². The van der Waals surface area contributed by atoms with E-state index >= 15 is 0 Å². The predicted molar refractivity (Wildman–Crippen MR) is 74.6 cm³/mol. The van der Waals surface area contributed by atoms with E-state index in [0.717, 1.165) is 10.0 Å². The van der Waals surface area contributed by atoms with E-state index in [1.807, 2.05) is 18.2 Å².